The van der Waals surface area contributed by atoms with Crippen LogP contribution in [0, 0.1) is 0 Å². The van der Waals surface area contributed by atoms with Gasteiger partial charge in [-0.05, 0) is 17.5 Å². The fourth-order valence-electron chi connectivity index (χ4n) is 1.54. The van der Waals surface area contributed by atoms with E-state index in [-0.39, 0.29) is 5.56 Å². The molecule has 0 atom stereocenters. The lowest BCUT2D eigenvalue weighted by atomic mass is 9.85. The molecule has 2 nitrogen and oxygen atoms in total. The van der Waals surface area contributed by atoms with Gasteiger partial charge in [0.2, 0.25) is 0 Å². The second-order valence-electron chi connectivity index (χ2n) is 4.64. The Hall–Kier alpha value is -1.39. The topological polar surface area (TPSA) is 40.5 Å². The summed E-state index contributed by atoms with van der Waals surface area (Å²) in [5, 5.41) is 19.0. The number of hydrogen-bond donors (Lipinski definition) is 2. The molecule has 0 spiro atoms. The maximum Gasteiger partial charge on any atom is 0.416 e. The lowest BCUT2D eigenvalue weighted by Gasteiger charge is -2.22. The first kappa shape index (κ1) is 12.7. The molecule has 0 bridgehead atoms. The van der Waals surface area contributed by atoms with Crippen molar-refractivity contribution in [2.24, 2.45) is 0 Å². The van der Waals surface area contributed by atoms with Crippen molar-refractivity contribution in [1.29, 1.82) is 0 Å². The highest BCUT2D eigenvalue weighted by molar-refractivity contribution is 5.50. The van der Waals surface area contributed by atoms with Gasteiger partial charge in [0, 0.05) is 5.56 Å². The van der Waals surface area contributed by atoms with Crippen LogP contribution >= 0.6 is 0 Å². The van der Waals surface area contributed by atoms with E-state index in [4.69, 9.17) is 0 Å². The number of alkyl halides is 3. The molecular weight excluding hydrogens is 221 g/mol. The second-order valence-corrected chi connectivity index (χ2v) is 4.64. The largest absolute Gasteiger partial charge is 0.507 e. The van der Waals surface area contributed by atoms with Crippen LogP contribution in [0.4, 0.5) is 13.2 Å². The smallest absolute Gasteiger partial charge is 0.416 e. The summed E-state index contributed by atoms with van der Waals surface area (Å²) in [7, 11) is 0. The second kappa shape index (κ2) is 3.57. The van der Waals surface area contributed by atoms with E-state index in [2.05, 4.69) is 0 Å². The molecule has 0 saturated heterocycles. The van der Waals surface area contributed by atoms with Gasteiger partial charge in [0.1, 0.15) is 11.5 Å². The third-order valence-electron chi connectivity index (χ3n) is 2.17. The molecule has 0 aliphatic carbocycles. The Bertz CT molecular complexity index is 380. The lowest BCUT2D eigenvalue weighted by molar-refractivity contribution is -0.137. The van der Waals surface area contributed by atoms with Crippen molar-refractivity contribution in [2.75, 3.05) is 0 Å². The highest BCUT2D eigenvalue weighted by Crippen LogP contribution is 2.42. The Kier molecular flexibility index (Phi) is 2.83. The number of phenols is 2. The first-order chi connectivity index (χ1) is 7.03. The molecule has 2 N–H and O–H groups in total. The van der Waals surface area contributed by atoms with Crippen LogP contribution in [0.5, 0.6) is 11.5 Å². The lowest BCUT2D eigenvalue weighted by Crippen LogP contribution is -2.13. The molecule has 1 aromatic carbocycles. The molecule has 0 fully saturated rings. The minimum absolute atomic E-state index is 0.112. The predicted molar refractivity (Wildman–Crippen MR) is 53.5 cm³/mol. The van der Waals surface area contributed by atoms with Crippen LogP contribution < -0.4 is 0 Å². The summed E-state index contributed by atoms with van der Waals surface area (Å²) < 4.78 is 37.1. The maximum absolute atomic E-state index is 12.4. The van der Waals surface area contributed by atoms with Crippen LogP contribution in [-0.4, -0.2) is 10.2 Å². The van der Waals surface area contributed by atoms with Crippen molar-refractivity contribution in [3.8, 4) is 11.5 Å². The van der Waals surface area contributed by atoms with Gasteiger partial charge in [0.05, 0.1) is 5.56 Å². The molecule has 0 amide bonds. The van der Waals surface area contributed by atoms with Crippen molar-refractivity contribution < 1.29 is 23.4 Å². The Morgan fingerprint density at radius 3 is 1.56 bits per heavy atom. The summed E-state index contributed by atoms with van der Waals surface area (Å²) in [4.78, 5) is 0. The Labute approximate surface area is 91.3 Å². The fraction of sp³-hybridized carbons (Fsp3) is 0.455. The van der Waals surface area contributed by atoms with Crippen molar-refractivity contribution in [3.63, 3.8) is 0 Å². The van der Waals surface area contributed by atoms with Crippen LogP contribution in [0.1, 0.15) is 31.9 Å². The van der Waals surface area contributed by atoms with E-state index < -0.39 is 28.7 Å². The van der Waals surface area contributed by atoms with E-state index in [0.29, 0.717) is 12.1 Å². The number of hydrogen-bond acceptors (Lipinski definition) is 2. The third kappa shape index (κ3) is 2.40. The van der Waals surface area contributed by atoms with E-state index in [1.165, 1.54) is 0 Å². The summed E-state index contributed by atoms with van der Waals surface area (Å²) in [6.07, 6.45) is -4.58. The summed E-state index contributed by atoms with van der Waals surface area (Å²) in [5.74, 6) is -1.08. The van der Waals surface area contributed by atoms with Crippen LogP contribution in [0.15, 0.2) is 12.1 Å². The SMILES string of the molecule is CC(C)(C)c1c(O)cc(C(F)(F)F)cc1O. The van der Waals surface area contributed by atoms with Crippen LogP contribution in [0.2, 0.25) is 0 Å². The zero-order valence-electron chi connectivity index (χ0n) is 9.18. The average molecular weight is 234 g/mol. The molecule has 0 heterocycles. The monoisotopic (exact) mass is 234 g/mol. The summed E-state index contributed by atoms with van der Waals surface area (Å²) in [5.41, 5.74) is -1.57. The zero-order valence-corrected chi connectivity index (χ0v) is 9.18. The van der Waals surface area contributed by atoms with Gasteiger partial charge in [0.25, 0.3) is 0 Å². The minimum Gasteiger partial charge on any atom is -0.507 e. The highest BCUT2D eigenvalue weighted by atomic mass is 19.4. The first-order valence-corrected chi connectivity index (χ1v) is 4.67. The zero-order chi connectivity index (χ0) is 12.7. The van der Waals surface area contributed by atoms with Crippen LogP contribution in [0.3, 0.4) is 0 Å². The van der Waals surface area contributed by atoms with Crippen LogP contribution in [0.25, 0.3) is 0 Å². The number of aromatic hydroxyl groups is 2. The van der Waals surface area contributed by atoms with Crippen molar-refractivity contribution in [1.82, 2.24) is 0 Å². The number of halogens is 3. The van der Waals surface area contributed by atoms with Crippen molar-refractivity contribution >= 4 is 0 Å². The van der Waals surface area contributed by atoms with E-state index in [1.54, 1.807) is 20.8 Å². The Morgan fingerprint density at radius 2 is 1.31 bits per heavy atom. The number of rotatable bonds is 0. The quantitative estimate of drug-likeness (QED) is 0.722. The number of benzene rings is 1. The maximum atomic E-state index is 12.4. The predicted octanol–water partition coefficient (Wildman–Crippen LogP) is 3.41. The van der Waals surface area contributed by atoms with Gasteiger partial charge in [-0.25, -0.2) is 0 Å². The molecule has 90 valence electrons. The summed E-state index contributed by atoms with van der Waals surface area (Å²) in [6.45, 7) is 5.07. The number of phenolic OH excluding ortho intramolecular Hbond substituents is 2. The standard InChI is InChI=1S/C11H13F3O2/c1-10(2,3)9-7(15)4-6(5-8(9)16)11(12,13)14/h4-5,15-16H,1-3H3. The van der Waals surface area contributed by atoms with E-state index in [0.717, 1.165) is 0 Å². The average Bonchev–Trinajstić information content (AvgIpc) is 1.97. The Balaban J connectivity index is 3.41. The summed E-state index contributed by atoms with van der Waals surface area (Å²) >= 11 is 0. The van der Waals surface area contributed by atoms with Gasteiger partial charge in [-0.1, -0.05) is 20.8 Å². The molecule has 16 heavy (non-hydrogen) atoms. The Morgan fingerprint density at radius 1 is 0.938 bits per heavy atom. The molecule has 0 aromatic heterocycles. The van der Waals surface area contributed by atoms with Gasteiger partial charge in [0.15, 0.2) is 0 Å². The van der Waals surface area contributed by atoms with Gasteiger partial charge >= 0.3 is 6.18 Å². The van der Waals surface area contributed by atoms with Gasteiger partial charge in [-0.2, -0.15) is 13.2 Å². The fourth-order valence-corrected chi connectivity index (χ4v) is 1.54. The third-order valence-corrected chi connectivity index (χ3v) is 2.17. The van der Waals surface area contributed by atoms with Gasteiger partial charge in [-0.15, -0.1) is 0 Å². The molecule has 0 unspecified atom stereocenters. The van der Waals surface area contributed by atoms with E-state index in [9.17, 15) is 23.4 Å². The minimum atomic E-state index is -4.58. The molecule has 0 radical (unpaired) electrons. The van der Waals surface area contributed by atoms with E-state index >= 15 is 0 Å². The molecule has 0 aliphatic rings. The molecule has 0 saturated carbocycles. The molecule has 0 aliphatic heterocycles. The van der Waals surface area contributed by atoms with Gasteiger partial charge < -0.3 is 10.2 Å². The molecule has 5 heteroatoms. The molecule has 1 rings (SSSR count). The highest BCUT2D eigenvalue weighted by Gasteiger charge is 2.34. The molecule has 1 aromatic rings. The molecular formula is C11H13F3O2. The van der Waals surface area contributed by atoms with Crippen LogP contribution in [-0.2, 0) is 11.6 Å². The van der Waals surface area contributed by atoms with E-state index in [1.807, 2.05) is 0 Å². The van der Waals surface area contributed by atoms with Gasteiger partial charge in [-0.3, -0.25) is 0 Å². The summed E-state index contributed by atoms with van der Waals surface area (Å²) in [6, 6.07) is 1.25. The van der Waals surface area contributed by atoms with Crippen molar-refractivity contribution in [2.45, 2.75) is 32.4 Å². The first-order valence-electron chi connectivity index (χ1n) is 4.67. The van der Waals surface area contributed by atoms with Crippen molar-refractivity contribution in [3.05, 3.63) is 23.3 Å². The normalized spacial score (nSPS) is 12.9.